The fraction of sp³-hybridized carbons (Fsp3) is 0.944. The number of nitrogens with zero attached hydrogens (tertiary/aromatic N) is 2. The number of hydrogen-bond acceptors (Lipinski definition) is 4. The van der Waals surface area contributed by atoms with E-state index in [-0.39, 0.29) is 28.8 Å². The highest BCUT2D eigenvalue weighted by molar-refractivity contribution is 6.74. The first-order chi connectivity index (χ1) is 10.3. The zero-order valence-electron chi connectivity index (χ0n) is 16.6. The third kappa shape index (κ3) is 5.56. The van der Waals surface area contributed by atoms with Crippen LogP contribution >= 0.6 is 0 Å². The highest BCUT2D eigenvalue weighted by Gasteiger charge is 2.45. The Labute approximate surface area is 144 Å². The molecule has 0 bridgehead atoms. The van der Waals surface area contributed by atoms with Gasteiger partial charge in [-0.1, -0.05) is 20.8 Å². The summed E-state index contributed by atoms with van der Waals surface area (Å²) in [5.74, 6) is 0. The molecule has 3 atom stereocenters. The lowest BCUT2D eigenvalue weighted by atomic mass is 10.1. The number of hydrogen-bond donors (Lipinski definition) is 0. The van der Waals surface area contributed by atoms with Crippen LogP contribution in [0.15, 0.2) is 0 Å². The van der Waals surface area contributed by atoms with Gasteiger partial charge in [0, 0.05) is 12.1 Å². The van der Waals surface area contributed by atoms with Gasteiger partial charge in [0.1, 0.15) is 6.73 Å². The average molecular weight is 341 g/mol. The maximum absolute atomic E-state index is 9.16. The van der Waals surface area contributed by atoms with E-state index in [9.17, 15) is 0 Å². The van der Waals surface area contributed by atoms with Gasteiger partial charge >= 0.3 is 0 Å². The second-order valence-electron chi connectivity index (χ2n) is 9.31. The summed E-state index contributed by atoms with van der Waals surface area (Å²) < 4.78 is 12.6. The minimum absolute atomic E-state index is 0.171. The molecule has 0 aromatic rings. The van der Waals surface area contributed by atoms with Crippen molar-refractivity contribution in [2.45, 2.75) is 103 Å². The van der Waals surface area contributed by atoms with Crippen molar-refractivity contribution < 1.29 is 9.16 Å². The molecular formula is C18H36N2O2Si. The lowest BCUT2D eigenvalue weighted by molar-refractivity contribution is -0.0799. The van der Waals surface area contributed by atoms with Crippen molar-refractivity contribution >= 4 is 8.32 Å². The molecule has 1 aliphatic heterocycles. The van der Waals surface area contributed by atoms with Crippen molar-refractivity contribution in [3.63, 3.8) is 0 Å². The van der Waals surface area contributed by atoms with Gasteiger partial charge in [0.25, 0.3) is 0 Å². The van der Waals surface area contributed by atoms with Gasteiger partial charge in [0.05, 0.1) is 24.2 Å². The monoisotopic (exact) mass is 340 g/mol. The molecule has 0 spiro atoms. The molecule has 1 fully saturated rings. The zero-order valence-corrected chi connectivity index (χ0v) is 17.6. The Kier molecular flexibility index (Phi) is 6.48. The first-order valence-corrected chi connectivity index (χ1v) is 11.6. The molecule has 1 heterocycles. The summed E-state index contributed by atoms with van der Waals surface area (Å²) in [5.41, 5.74) is -0.171. The van der Waals surface area contributed by atoms with E-state index in [1.54, 1.807) is 0 Å². The van der Waals surface area contributed by atoms with Crippen LogP contribution in [0.5, 0.6) is 0 Å². The smallest absolute Gasteiger partial charge is 0.192 e. The second-order valence-corrected chi connectivity index (χ2v) is 14.1. The minimum atomic E-state index is -1.80. The van der Waals surface area contributed by atoms with E-state index >= 15 is 0 Å². The van der Waals surface area contributed by atoms with Crippen LogP contribution in [0.1, 0.15) is 61.3 Å². The SMILES string of the molecule is C[C@H]1[C@H](O[Si](C)(C)C(C)(C)C)C[C@@H](CC#N)N1COC(C)(C)C. The molecule has 0 N–H and O–H groups in total. The molecule has 0 saturated carbocycles. The number of likely N-dealkylation sites (tertiary alicyclic amines) is 1. The topological polar surface area (TPSA) is 45.5 Å². The lowest BCUT2D eigenvalue weighted by Crippen LogP contribution is -2.47. The van der Waals surface area contributed by atoms with Gasteiger partial charge < -0.3 is 9.16 Å². The Morgan fingerprint density at radius 3 is 2.17 bits per heavy atom. The van der Waals surface area contributed by atoms with Crippen LogP contribution in [0.4, 0.5) is 0 Å². The van der Waals surface area contributed by atoms with E-state index in [1.165, 1.54) is 0 Å². The molecule has 134 valence electrons. The van der Waals surface area contributed by atoms with Crippen LogP contribution in [0.2, 0.25) is 18.1 Å². The minimum Gasteiger partial charge on any atom is -0.412 e. The van der Waals surface area contributed by atoms with Crippen LogP contribution in [-0.4, -0.2) is 43.7 Å². The maximum Gasteiger partial charge on any atom is 0.192 e. The summed E-state index contributed by atoms with van der Waals surface area (Å²) in [4.78, 5) is 2.31. The molecule has 0 amide bonds. The Morgan fingerprint density at radius 2 is 1.74 bits per heavy atom. The molecule has 0 aliphatic carbocycles. The van der Waals surface area contributed by atoms with Gasteiger partial charge in [-0.05, 0) is 52.2 Å². The van der Waals surface area contributed by atoms with E-state index in [2.05, 4.69) is 72.5 Å². The Bertz CT molecular complexity index is 432. The molecule has 1 saturated heterocycles. The first-order valence-electron chi connectivity index (χ1n) is 8.73. The maximum atomic E-state index is 9.16. The average Bonchev–Trinajstić information content (AvgIpc) is 2.61. The van der Waals surface area contributed by atoms with Gasteiger partial charge in [0.15, 0.2) is 8.32 Å². The van der Waals surface area contributed by atoms with Crippen LogP contribution < -0.4 is 0 Å². The number of ether oxygens (including phenoxy) is 1. The van der Waals surface area contributed by atoms with Gasteiger partial charge in [-0.3, -0.25) is 4.90 Å². The quantitative estimate of drug-likeness (QED) is 0.690. The fourth-order valence-corrected chi connectivity index (χ4v) is 4.05. The van der Waals surface area contributed by atoms with Crippen molar-refractivity contribution in [3.05, 3.63) is 0 Å². The fourth-order valence-electron chi connectivity index (χ4n) is 2.65. The third-order valence-electron chi connectivity index (χ3n) is 5.26. The van der Waals surface area contributed by atoms with Crippen LogP contribution in [0.3, 0.4) is 0 Å². The Hall–Kier alpha value is -0.413. The van der Waals surface area contributed by atoms with Crippen LogP contribution in [0.25, 0.3) is 0 Å². The van der Waals surface area contributed by atoms with E-state index in [0.717, 1.165) is 6.42 Å². The molecule has 0 unspecified atom stereocenters. The molecule has 1 rings (SSSR count). The largest absolute Gasteiger partial charge is 0.412 e. The second kappa shape index (κ2) is 7.22. The summed E-state index contributed by atoms with van der Waals surface area (Å²) in [6.45, 7) is 20.4. The summed E-state index contributed by atoms with van der Waals surface area (Å²) >= 11 is 0. The number of nitriles is 1. The van der Waals surface area contributed by atoms with Crippen LogP contribution in [0, 0.1) is 11.3 Å². The van der Waals surface area contributed by atoms with Gasteiger partial charge in [-0.25, -0.2) is 0 Å². The van der Waals surface area contributed by atoms with Gasteiger partial charge in [0.2, 0.25) is 0 Å². The normalized spacial score (nSPS) is 27.2. The summed E-state index contributed by atoms with van der Waals surface area (Å²) in [7, 11) is -1.80. The van der Waals surface area contributed by atoms with Crippen molar-refractivity contribution in [2.75, 3.05) is 6.73 Å². The molecule has 0 radical (unpaired) electrons. The summed E-state index contributed by atoms with van der Waals surface area (Å²) in [6, 6.07) is 2.84. The van der Waals surface area contributed by atoms with E-state index < -0.39 is 8.32 Å². The van der Waals surface area contributed by atoms with E-state index in [1.807, 2.05) is 0 Å². The highest BCUT2D eigenvalue weighted by atomic mass is 28.4. The Balaban J connectivity index is 2.83. The van der Waals surface area contributed by atoms with Gasteiger partial charge in [-0.2, -0.15) is 5.26 Å². The number of rotatable bonds is 5. The van der Waals surface area contributed by atoms with E-state index in [4.69, 9.17) is 14.4 Å². The predicted octanol–water partition coefficient (Wildman–Crippen LogP) is 4.53. The molecular weight excluding hydrogens is 304 g/mol. The molecule has 0 aromatic heterocycles. The standard InChI is InChI=1S/C18H36N2O2Si/c1-14-16(22-23(8,9)18(5,6)7)12-15(10-11-19)20(14)13-21-17(2,3)4/h14-16H,10,12-13H2,1-9H3/t14-,15+,16+/m0/s1. The molecule has 23 heavy (non-hydrogen) atoms. The first kappa shape index (κ1) is 20.6. The third-order valence-corrected chi connectivity index (χ3v) is 9.76. The van der Waals surface area contributed by atoms with Gasteiger partial charge in [-0.15, -0.1) is 0 Å². The molecule has 5 heteroatoms. The van der Waals surface area contributed by atoms with Crippen LogP contribution in [-0.2, 0) is 9.16 Å². The Morgan fingerprint density at radius 1 is 1.17 bits per heavy atom. The summed E-state index contributed by atoms with van der Waals surface area (Å²) in [5, 5.41) is 9.36. The van der Waals surface area contributed by atoms with E-state index in [0.29, 0.717) is 13.2 Å². The molecule has 4 nitrogen and oxygen atoms in total. The highest BCUT2D eigenvalue weighted by Crippen LogP contribution is 2.40. The van der Waals surface area contributed by atoms with Crippen molar-refractivity contribution in [2.24, 2.45) is 0 Å². The summed E-state index contributed by atoms with van der Waals surface area (Å²) in [6.07, 6.45) is 1.65. The molecule has 1 aliphatic rings. The molecule has 0 aromatic carbocycles. The van der Waals surface area contributed by atoms with Crippen molar-refractivity contribution in [3.8, 4) is 6.07 Å². The predicted molar refractivity (Wildman–Crippen MR) is 97.7 cm³/mol. The van der Waals surface area contributed by atoms with Crippen molar-refractivity contribution in [1.82, 2.24) is 4.90 Å². The zero-order chi connectivity index (χ0) is 18.1. The van der Waals surface area contributed by atoms with Crippen molar-refractivity contribution in [1.29, 1.82) is 5.26 Å². The lowest BCUT2D eigenvalue weighted by Gasteiger charge is -2.40.